The zero-order valence-electron chi connectivity index (χ0n) is 47.7. The number of ether oxygens (including phenoxy) is 4. The fraction of sp³-hybridized carbons (Fsp3) is 0.734. The monoisotopic (exact) mass is 1020 g/mol. The number of carboxylic acids is 1. The van der Waals surface area contributed by atoms with Gasteiger partial charge in [-0.15, -0.1) is 0 Å². The molecule has 0 heterocycles. The summed E-state index contributed by atoms with van der Waals surface area (Å²) in [5, 5.41) is 11.8. The topological polar surface area (TPSA) is 111 Å². The maximum atomic E-state index is 12.9. The Morgan fingerprint density at radius 1 is 0.425 bits per heavy atom. The molecule has 2 unspecified atom stereocenters. The summed E-state index contributed by atoms with van der Waals surface area (Å²) in [5.41, 5.74) is 0. The third kappa shape index (κ3) is 56.0. The van der Waals surface area contributed by atoms with E-state index in [0.29, 0.717) is 17.4 Å². The van der Waals surface area contributed by atoms with E-state index in [9.17, 15) is 19.5 Å². The Morgan fingerprint density at radius 3 is 1.18 bits per heavy atom. The molecule has 0 fully saturated rings. The van der Waals surface area contributed by atoms with Crippen LogP contribution in [0.15, 0.2) is 85.1 Å². The zero-order valence-corrected chi connectivity index (χ0v) is 47.7. The Balaban J connectivity index is 4.09. The van der Waals surface area contributed by atoms with E-state index in [4.69, 9.17) is 18.9 Å². The Labute approximate surface area is 449 Å². The lowest BCUT2D eigenvalue weighted by molar-refractivity contribution is -0.870. The van der Waals surface area contributed by atoms with Gasteiger partial charge in [-0.05, 0) is 89.9 Å². The highest BCUT2D eigenvalue weighted by molar-refractivity contribution is 5.70. The van der Waals surface area contributed by atoms with Crippen molar-refractivity contribution in [1.82, 2.24) is 0 Å². The molecule has 0 aromatic heterocycles. The number of likely N-dealkylation sites (N-methyl/N-ethyl adjacent to an activating group) is 1. The normalized spacial score (nSPS) is 13.4. The van der Waals surface area contributed by atoms with Crippen LogP contribution in [0.2, 0.25) is 0 Å². The molecule has 2 atom stereocenters. The SMILES string of the molecule is CC/C=C\C/C=C\C/C=C\C/C=C\C/C=C\C/C=C\CCCCCCCCCCCCCCCCCCC(=O)OC(COC(=O)CCCCCCC/C=C\CCCCCC)COC(OCC[N+](C)(C)C)C(=O)[O-]. The van der Waals surface area contributed by atoms with Crippen molar-refractivity contribution < 1.29 is 42.9 Å². The van der Waals surface area contributed by atoms with E-state index in [0.717, 1.165) is 96.3 Å². The summed E-state index contributed by atoms with van der Waals surface area (Å²) >= 11 is 0. The minimum atomic E-state index is -1.62. The summed E-state index contributed by atoms with van der Waals surface area (Å²) in [6.07, 6.45) is 69.3. The second kappa shape index (κ2) is 54.7. The second-order valence-corrected chi connectivity index (χ2v) is 20.9. The molecule has 0 aliphatic rings. The van der Waals surface area contributed by atoms with Gasteiger partial charge in [0.2, 0.25) is 0 Å². The van der Waals surface area contributed by atoms with Gasteiger partial charge >= 0.3 is 11.9 Å². The first kappa shape index (κ1) is 69.5. The fourth-order valence-corrected chi connectivity index (χ4v) is 8.06. The molecular formula is C64H111NO8. The molecule has 0 aromatic rings. The molecule has 0 saturated carbocycles. The van der Waals surface area contributed by atoms with Gasteiger partial charge in [-0.25, -0.2) is 0 Å². The van der Waals surface area contributed by atoms with Crippen molar-refractivity contribution >= 4 is 17.9 Å². The molecule has 73 heavy (non-hydrogen) atoms. The summed E-state index contributed by atoms with van der Waals surface area (Å²) in [5.74, 6) is -2.29. The zero-order chi connectivity index (χ0) is 53.4. The van der Waals surface area contributed by atoms with Gasteiger partial charge < -0.3 is 33.3 Å². The molecule has 9 heteroatoms. The highest BCUT2D eigenvalue weighted by Gasteiger charge is 2.22. The number of carboxylic acid groups (broad SMARTS) is 1. The minimum Gasteiger partial charge on any atom is -0.545 e. The molecule has 0 saturated heterocycles. The van der Waals surface area contributed by atoms with Crippen LogP contribution in [0.1, 0.15) is 245 Å². The first-order valence-electron chi connectivity index (χ1n) is 29.7. The van der Waals surface area contributed by atoms with Crippen molar-refractivity contribution in [2.24, 2.45) is 0 Å². The Bertz CT molecular complexity index is 1470. The smallest absolute Gasteiger partial charge is 0.306 e. The van der Waals surface area contributed by atoms with Gasteiger partial charge in [-0.1, -0.05) is 227 Å². The van der Waals surface area contributed by atoms with Crippen LogP contribution >= 0.6 is 0 Å². The van der Waals surface area contributed by atoms with Crippen molar-refractivity contribution in [2.45, 2.75) is 257 Å². The van der Waals surface area contributed by atoms with E-state index in [1.165, 1.54) is 116 Å². The van der Waals surface area contributed by atoms with E-state index in [1.54, 1.807) is 0 Å². The molecule has 9 nitrogen and oxygen atoms in total. The molecule has 0 aliphatic heterocycles. The van der Waals surface area contributed by atoms with Crippen molar-refractivity contribution in [2.75, 3.05) is 47.5 Å². The number of carbonyl (C=O) groups excluding carboxylic acids is 3. The molecule has 0 N–H and O–H groups in total. The van der Waals surface area contributed by atoms with Crippen LogP contribution < -0.4 is 5.11 Å². The molecule has 0 aliphatic carbocycles. The number of hydrogen-bond donors (Lipinski definition) is 0. The summed E-state index contributed by atoms with van der Waals surface area (Å²) in [7, 11) is 5.92. The maximum Gasteiger partial charge on any atom is 0.306 e. The highest BCUT2D eigenvalue weighted by Crippen LogP contribution is 2.16. The predicted octanol–water partition coefficient (Wildman–Crippen LogP) is 16.2. The van der Waals surface area contributed by atoms with Crippen molar-refractivity contribution in [3.63, 3.8) is 0 Å². The predicted molar refractivity (Wildman–Crippen MR) is 306 cm³/mol. The van der Waals surface area contributed by atoms with Gasteiger partial charge in [0.25, 0.3) is 0 Å². The quantitative estimate of drug-likeness (QED) is 0.0195. The van der Waals surface area contributed by atoms with Gasteiger partial charge in [0.1, 0.15) is 13.2 Å². The van der Waals surface area contributed by atoms with Gasteiger partial charge in [0.05, 0.1) is 40.3 Å². The number of allylic oxidation sites excluding steroid dienone is 14. The molecule has 0 amide bonds. The molecule has 0 aromatic carbocycles. The highest BCUT2D eigenvalue weighted by atomic mass is 16.7. The standard InChI is InChI=1S/C64H111NO8/c1-6-8-10-12-14-16-18-20-21-22-23-24-25-26-27-28-29-30-31-32-33-34-35-36-37-38-39-40-41-43-45-47-49-51-53-55-62(67)73-60(59-72-64(63(68)69)70-57-56-65(3,4)5)58-71-61(66)54-52-50-48-46-44-42-19-17-15-13-11-9-7-2/h8,10,14,16-17,19-21,23-24,26-27,29-30,60,64H,6-7,9,11-13,15,18,22,25,28,31-59H2,1-5H3/b10-8-,16-14-,19-17-,21-20-,24-23-,27-26-,30-29-. The van der Waals surface area contributed by atoms with Crippen LogP contribution in [0.4, 0.5) is 0 Å². The van der Waals surface area contributed by atoms with Gasteiger partial charge in [-0.2, -0.15) is 0 Å². The molecule has 420 valence electrons. The third-order valence-electron chi connectivity index (χ3n) is 12.6. The Kier molecular flexibility index (Phi) is 52.1. The van der Waals surface area contributed by atoms with Crippen molar-refractivity contribution in [1.29, 1.82) is 0 Å². The number of rotatable bonds is 54. The van der Waals surface area contributed by atoms with E-state index in [1.807, 2.05) is 21.1 Å². The van der Waals surface area contributed by atoms with Crippen LogP contribution in [0.25, 0.3) is 0 Å². The third-order valence-corrected chi connectivity index (χ3v) is 12.6. The lowest BCUT2D eigenvalue weighted by atomic mass is 10.0. The van der Waals surface area contributed by atoms with Gasteiger partial charge in [0.15, 0.2) is 12.4 Å². The second-order valence-electron chi connectivity index (χ2n) is 20.9. The Hall–Kier alpha value is -3.53. The number of hydrogen-bond acceptors (Lipinski definition) is 8. The number of esters is 2. The summed E-state index contributed by atoms with van der Waals surface area (Å²) in [6, 6.07) is 0. The van der Waals surface area contributed by atoms with Crippen molar-refractivity contribution in [3.05, 3.63) is 85.1 Å². The largest absolute Gasteiger partial charge is 0.545 e. The maximum absolute atomic E-state index is 12.9. The molecule has 0 bridgehead atoms. The molecular weight excluding hydrogens is 911 g/mol. The van der Waals surface area contributed by atoms with Gasteiger partial charge in [-0.3, -0.25) is 9.59 Å². The van der Waals surface area contributed by atoms with Crippen LogP contribution in [0.3, 0.4) is 0 Å². The number of aliphatic carboxylic acids is 1. The first-order valence-corrected chi connectivity index (χ1v) is 29.7. The number of unbranched alkanes of at least 4 members (excludes halogenated alkanes) is 25. The van der Waals surface area contributed by atoms with Crippen molar-refractivity contribution in [3.8, 4) is 0 Å². The van der Waals surface area contributed by atoms with E-state index >= 15 is 0 Å². The molecule has 0 spiro atoms. The molecule has 0 rings (SSSR count). The summed E-state index contributed by atoms with van der Waals surface area (Å²) < 4.78 is 22.7. The first-order chi connectivity index (χ1) is 35.6. The number of quaternary nitrogens is 1. The van der Waals surface area contributed by atoms with Crippen LogP contribution in [0.5, 0.6) is 0 Å². The average molecular weight is 1020 g/mol. The minimum absolute atomic E-state index is 0.145. The van der Waals surface area contributed by atoms with Crippen LogP contribution in [0, 0.1) is 0 Å². The van der Waals surface area contributed by atoms with E-state index < -0.39 is 24.3 Å². The summed E-state index contributed by atoms with van der Waals surface area (Å²) in [6.45, 7) is 4.61. The Morgan fingerprint density at radius 2 is 0.781 bits per heavy atom. The molecule has 0 radical (unpaired) electrons. The fourth-order valence-electron chi connectivity index (χ4n) is 8.06. The lowest BCUT2D eigenvalue weighted by Crippen LogP contribution is -2.44. The average Bonchev–Trinajstić information content (AvgIpc) is 3.36. The van der Waals surface area contributed by atoms with Gasteiger partial charge in [0, 0.05) is 12.8 Å². The summed E-state index contributed by atoms with van der Waals surface area (Å²) in [4.78, 5) is 37.2. The van der Waals surface area contributed by atoms with E-state index in [-0.39, 0.29) is 38.6 Å². The van der Waals surface area contributed by atoms with Crippen LogP contribution in [-0.4, -0.2) is 82.3 Å². The number of carbonyl (C=O) groups is 3. The lowest BCUT2D eigenvalue weighted by Gasteiger charge is -2.26. The number of nitrogens with zero attached hydrogens (tertiary/aromatic N) is 1. The van der Waals surface area contributed by atoms with Crippen LogP contribution in [-0.2, 0) is 33.3 Å². The van der Waals surface area contributed by atoms with E-state index in [2.05, 4.69) is 98.9 Å².